The Hall–Kier alpha value is -1.88. The van der Waals surface area contributed by atoms with Crippen molar-refractivity contribution in [3.05, 3.63) is 30.6 Å². The van der Waals surface area contributed by atoms with Crippen molar-refractivity contribution in [2.75, 3.05) is 13.2 Å². The van der Waals surface area contributed by atoms with E-state index in [2.05, 4.69) is 10.3 Å². The molecule has 0 aliphatic carbocycles. The summed E-state index contributed by atoms with van der Waals surface area (Å²) in [6.45, 7) is 3.14. The highest BCUT2D eigenvalue weighted by atomic mass is 16.3. The molecule has 0 radical (unpaired) electrons. The normalized spacial score (nSPS) is 12.5. The average molecular weight is 275 g/mol. The van der Waals surface area contributed by atoms with Crippen molar-refractivity contribution in [1.82, 2.24) is 14.9 Å². The highest BCUT2D eigenvalue weighted by Crippen LogP contribution is 2.11. The molecule has 1 aromatic heterocycles. The first-order chi connectivity index (χ1) is 9.70. The Bertz CT molecular complexity index is 565. The minimum absolute atomic E-state index is 0.00944. The van der Waals surface area contributed by atoms with E-state index in [4.69, 9.17) is 5.11 Å². The third-order valence-corrected chi connectivity index (χ3v) is 3.35. The van der Waals surface area contributed by atoms with Crippen LogP contribution in [0.15, 0.2) is 30.6 Å². The van der Waals surface area contributed by atoms with Crippen LogP contribution in [0.25, 0.3) is 11.0 Å². The summed E-state index contributed by atoms with van der Waals surface area (Å²) in [5, 5.41) is 11.8. The number of para-hydroxylation sites is 2. The number of aromatic nitrogens is 2. The van der Waals surface area contributed by atoms with Crippen LogP contribution in [0.3, 0.4) is 0 Å². The molecule has 1 unspecified atom stereocenters. The number of carbonyl (C=O) groups excluding carboxylic acids is 1. The zero-order valence-corrected chi connectivity index (χ0v) is 11.7. The average Bonchev–Trinajstić information content (AvgIpc) is 2.86. The smallest absolute Gasteiger partial charge is 0.239 e. The number of nitrogens with one attached hydrogen (secondary N) is 1. The van der Waals surface area contributed by atoms with Crippen LogP contribution < -0.4 is 5.32 Å². The number of benzene rings is 1. The largest absolute Gasteiger partial charge is 0.396 e. The lowest BCUT2D eigenvalue weighted by molar-refractivity contribution is -0.121. The van der Waals surface area contributed by atoms with Gasteiger partial charge in [0.15, 0.2) is 0 Å². The maximum Gasteiger partial charge on any atom is 0.239 e. The van der Waals surface area contributed by atoms with Crippen molar-refractivity contribution < 1.29 is 9.90 Å². The third kappa shape index (κ3) is 3.81. The Morgan fingerprint density at radius 2 is 2.25 bits per heavy atom. The Morgan fingerprint density at radius 3 is 3.05 bits per heavy atom. The summed E-state index contributed by atoms with van der Waals surface area (Å²) in [5.41, 5.74) is 1.87. The monoisotopic (exact) mass is 275 g/mol. The molecule has 1 aromatic carbocycles. The second kappa shape index (κ2) is 7.05. The van der Waals surface area contributed by atoms with Crippen LogP contribution in [0.4, 0.5) is 0 Å². The third-order valence-electron chi connectivity index (χ3n) is 3.35. The van der Waals surface area contributed by atoms with Gasteiger partial charge in [-0.05, 0) is 30.9 Å². The minimum atomic E-state index is -0.00944. The van der Waals surface area contributed by atoms with Gasteiger partial charge in [0.05, 0.1) is 17.4 Å². The molecule has 1 heterocycles. The van der Waals surface area contributed by atoms with Gasteiger partial charge in [-0.3, -0.25) is 4.79 Å². The lowest BCUT2D eigenvalue weighted by atomic mass is 10.1. The fourth-order valence-electron chi connectivity index (χ4n) is 2.12. The van der Waals surface area contributed by atoms with Crippen LogP contribution in [-0.4, -0.2) is 33.7 Å². The molecule has 108 valence electrons. The van der Waals surface area contributed by atoms with E-state index in [1.54, 1.807) is 6.33 Å². The molecule has 1 atom stereocenters. The van der Waals surface area contributed by atoms with E-state index in [0.29, 0.717) is 12.5 Å². The fourth-order valence-corrected chi connectivity index (χ4v) is 2.12. The molecule has 2 N–H and O–H groups in total. The minimum Gasteiger partial charge on any atom is -0.396 e. The Balaban J connectivity index is 1.80. The lowest BCUT2D eigenvalue weighted by Crippen LogP contribution is -2.28. The van der Waals surface area contributed by atoms with E-state index in [-0.39, 0.29) is 19.1 Å². The first kappa shape index (κ1) is 14.5. The molecule has 2 aromatic rings. The zero-order valence-electron chi connectivity index (χ0n) is 11.7. The van der Waals surface area contributed by atoms with Crippen molar-refractivity contribution in [3.63, 3.8) is 0 Å². The van der Waals surface area contributed by atoms with Crippen molar-refractivity contribution in [2.45, 2.75) is 26.3 Å². The van der Waals surface area contributed by atoms with Gasteiger partial charge in [0, 0.05) is 13.2 Å². The van der Waals surface area contributed by atoms with Gasteiger partial charge >= 0.3 is 0 Å². The van der Waals surface area contributed by atoms with Crippen molar-refractivity contribution in [3.8, 4) is 0 Å². The molecular formula is C15H21N3O2. The zero-order chi connectivity index (χ0) is 14.4. The molecule has 2 rings (SSSR count). The summed E-state index contributed by atoms with van der Waals surface area (Å²) in [7, 11) is 0. The number of hydrogen-bond acceptors (Lipinski definition) is 3. The van der Waals surface area contributed by atoms with Crippen LogP contribution in [0.2, 0.25) is 0 Å². The van der Waals surface area contributed by atoms with E-state index in [0.717, 1.165) is 23.9 Å². The summed E-state index contributed by atoms with van der Waals surface area (Å²) in [4.78, 5) is 16.1. The van der Waals surface area contributed by atoms with Crippen molar-refractivity contribution in [2.24, 2.45) is 5.92 Å². The number of aliphatic hydroxyl groups excluding tert-OH is 1. The molecule has 1 amide bonds. The van der Waals surface area contributed by atoms with Gasteiger partial charge in [0.1, 0.15) is 6.54 Å². The summed E-state index contributed by atoms with van der Waals surface area (Å²) in [6, 6.07) is 7.76. The van der Waals surface area contributed by atoms with Gasteiger partial charge in [-0.1, -0.05) is 19.1 Å². The SMILES string of the molecule is CC(CO)CCCNC(=O)Cn1cnc2ccccc21. The molecule has 0 saturated carbocycles. The van der Waals surface area contributed by atoms with Gasteiger partial charge < -0.3 is 15.0 Å². The maximum atomic E-state index is 11.9. The first-order valence-electron chi connectivity index (χ1n) is 6.98. The second-order valence-electron chi connectivity index (χ2n) is 5.14. The predicted octanol–water partition coefficient (Wildman–Crippen LogP) is 1.56. The van der Waals surface area contributed by atoms with Gasteiger partial charge in [0.2, 0.25) is 5.91 Å². The quantitative estimate of drug-likeness (QED) is 0.754. The summed E-state index contributed by atoms with van der Waals surface area (Å²) in [6.07, 6.45) is 3.50. The molecule has 20 heavy (non-hydrogen) atoms. The molecule has 5 heteroatoms. The number of aliphatic hydroxyl groups is 1. The highest BCUT2D eigenvalue weighted by molar-refractivity contribution is 5.80. The lowest BCUT2D eigenvalue weighted by Gasteiger charge is -2.09. The number of nitrogens with zero attached hydrogens (tertiary/aromatic N) is 2. The topological polar surface area (TPSA) is 67.2 Å². The van der Waals surface area contributed by atoms with Crippen molar-refractivity contribution in [1.29, 1.82) is 0 Å². The molecule has 0 aliphatic heterocycles. The van der Waals surface area contributed by atoms with Crippen molar-refractivity contribution >= 4 is 16.9 Å². The van der Waals surface area contributed by atoms with Gasteiger partial charge in [0.25, 0.3) is 0 Å². The van der Waals surface area contributed by atoms with Gasteiger partial charge in [-0.2, -0.15) is 0 Å². The number of carbonyl (C=O) groups is 1. The molecule has 0 saturated heterocycles. The van der Waals surface area contributed by atoms with Crippen LogP contribution in [0, 0.1) is 5.92 Å². The number of imidazole rings is 1. The molecular weight excluding hydrogens is 254 g/mol. The Kier molecular flexibility index (Phi) is 5.12. The summed E-state index contributed by atoms with van der Waals surface area (Å²) < 4.78 is 1.85. The van der Waals surface area contributed by atoms with Crippen LogP contribution in [0.1, 0.15) is 19.8 Å². The predicted molar refractivity (Wildman–Crippen MR) is 78.2 cm³/mol. The van der Waals surface area contributed by atoms with E-state index in [1.165, 1.54) is 0 Å². The van der Waals surface area contributed by atoms with Gasteiger partial charge in [-0.25, -0.2) is 4.98 Å². The number of rotatable bonds is 7. The molecule has 0 bridgehead atoms. The molecule has 0 aliphatic rings. The molecule has 0 fully saturated rings. The van der Waals surface area contributed by atoms with E-state index in [9.17, 15) is 4.79 Å². The van der Waals surface area contributed by atoms with Crippen LogP contribution >= 0.6 is 0 Å². The van der Waals surface area contributed by atoms with Crippen LogP contribution in [0.5, 0.6) is 0 Å². The highest BCUT2D eigenvalue weighted by Gasteiger charge is 2.06. The second-order valence-corrected chi connectivity index (χ2v) is 5.14. The number of amides is 1. The van der Waals surface area contributed by atoms with Gasteiger partial charge in [-0.15, -0.1) is 0 Å². The molecule has 5 nitrogen and oxygen atoms in total. The summed E-state index contributed by atoms with van der Waals surface area (Å²) in [5.74, 6) is 0.286. The fraction of sp³-hybridized carbons (Fsp3) is 0.467. The standard InChI is InChI=1S/C15H21N3O2/c1-12(10-19)5-4-8-16-15(20)9-18-11-17-13-6-2-3-7-14(13)18/h2-3,6-7,11-12,19H,4-5,8-10H2,1H3,(H,16,20). The molecule has 0 spiro atoms. The number of fused-ring (bicyclic) bond motifs is 1. The number of hydrogen-bond donors (Lipinski definition) is 2. The van der Waals surface area contributed by atoms with E-state index >= 15 is 0 Å². The Labute approximate surface area is 118 Å². The van der Waals surface area contributed by atoms with E-state index in [1.807, 2.05) is 35.8 Å². The Morgan fingerprint density at radius 1 is 1.45 bits per heavy atom. The summed E-state index contributed by atoms with van der Waals surface area (Å²) >= 11 is 0. The maximum absolute atomic E-state index is 11.9. The van der Waals surface area contributed by atoms with E-state index < -0.39 is 0 Å². The van der Waals surface area contributed by atoms with Crippen LogP contribution in [-0.2, 0) is 11.3 Å². The first-order valence-corrected chi connectivity index (χ1v) is 6.98.